The summed E-state index contributed by atoms with van der Waals surface area (Å²) >= 11 is 0. The van der Waals surface area contributed by atoms with Crippen LogP contribution in [0.2, 0.25) is 0 Å². The minimum atomic E-state index is 0.131. The van der Waals surface area contributed by atoms with Crippen LogP contribution in [0.25, 0.3) is 0 Å². The van der Waals surface area contributed by atoms with E-state index in [1.807, 2.05) is 26.8 Å². The Morgan fingerprint density at radius 3 is 3.00 bits per heavy atom. The predicted octanol–water partition coefficient (Wildman–Crippen LogP) is 1.59. The summed E-state index contributed by atoms with van der Waals surface area (Å²) in [6.07, 6.45) is 1.35. The van der Waals surface area contributed by atoms with Gasteiger partial charge in [0.25, 0.3) is 0 Å². The zero-order chi connectivity index (χ0) is 13.0. The number of rotatable bonds is 5. The van der Waals surface area contributed by atoms with Gasteiger partial charge < -0.3 is 15.4 Å². The van der Waals surface area contributed by atoms with E-state index in [9.17, 15) is 0 Å². The highest BCUT2D eigenvalue weighted by Crippen LogP contribution is 2.14. The molecule has 5 heteroatoms. The summed E-state index contributed by atoms with van der Waals surface area (Å²) in [5.41, 5.74) is 0.924. The average molecular weight is 250 g/mol. The lowest BCUT2D eigenvalue weighted by Gasteiger charge is -2.13. The first-order chi connectivity index (χ1) is 8.63. The Hall–Kier alpha value is -1.36. The van der Waals surface area contributed by atoms with Crippen LogP contribution in [0.3, 0.4) is 0 Å². The fraction of sp³-hybridized carbons (Fsp3) is 0.692. The van der Waals surface area contributed by atoms with Gasteiger partial charge >= 0.3 is 0 Å². The summed E-state index contributed by atoms with van der Waals surface area (Å²) < 4.78 is 5.60. The maximum atomic E-state index is 5.60. The lowest BCUT2D eigenvalue weighted by Crippen LogP contribution is -2.18. The summed E-state index contributed by atoms with van der Waals surface area (Å²) in [6, 6.07) is 1.86. The van der Waals surface area contributed by atoms with Gasteiger partial charge in [-0.2, -0.15) is 4.98 Å². The van der Waals surface area contributed by atoms with Crippen LogP contribution < -0.4 is 15.4 Å². The van der Waals surface area contributed by atoms with Gasteiger partial charge in [0.2, 0.25) is 11.8 Å². The molecule has 0 aromatic carbocycles. The van der Waals surface area contributed by atoms with Gasteiger partial charge in [-0.1, -0.05) is 0 Å². The van der Waals surface area contributed by atoms with Crippen LogP contribution in [-0.2, 0) is 0 Å². The van der Waals surface area contributed by atoms with E-state index in [2.05, 4.69) is 20.6 Å². The third-order valence-corrected chi connectivity index (χ3v) is 2.90. The molecule has 1 saturated heterocycles. The number of hydrogen-bond donors (Lipinski definition) is 2. The summed E-state index contributed by atoms with van der Waals surface area (Å²) in [5, 5.41) is 6.65. The van der Waals surface area contributed by atoms with Gasteiger partial charge in [-0.3, -0.25) is 0 Å². The molecular weight excluding hydrogens is 228 g/mol. The topological polar surface area (TPSA) is 59.1 Å². The van der Waals surface area contributed by atoms with Gasteiger partial charge in [0.15, 0.2) is 0 Å². The van der Waals surface area contributed by atoms with Crippen LogP contribution >= 0.6 is 0 Å². The van der Waals surface area contributed by atoms with Crippen LogP contribution in [0.4, 0.5) is 5.95 Å². The molecule has 0 saturated carbocycles. The summed E-state index contributed by atoms with van der Waals surface area (Å²) in [5.74, 6) is 1.98. The SMILES string of the molecule is Cc1cc(OC(C)C)nc(NCC2CCNC2)n1. The number of ether oxygens (including phenoxy) is 1. The van der Waals surface area contributed by atoms with Crippen molar-refractivity contribution < 1.29 is 4.74 Å². The molecule has 1 aliphatic heterocycles. The zero-order valence-corrected chi connectivity index (χ0v) is 11.4. The van der Waals surface area contributed by atoms with Crippen molar-refractivity contribution in [1.82, 2.24) is 15.3 Å². The summed E-state index contributed by atoms with van der Waals surface area (Å²) in [4.78, 5) is 8.75. The molecule has 1 unspecified atom stereocenters. The van der Waals surface area contributed by atoms with Crippen LogP contribution in [0.1, 0.15) is 26.0 Å². The fourth-order valence-electron chi connectivity index (χ4n) is 2.04. The smallest absolute Gasteiger partial charge is 0.226 e. The van der Waals surface area contributed by atoms with E-state index in [1.165, 1.54) is 6.42 Å². The molecule has 1 aliphatic rings. The van der Waals surface area contributed by atoms with Crippen molar-refractivity contribution in [2.45, 2.75) is 33.3 Å². The lowest BCUT2D eigenvalue weighted by atomic mass is 10.1. The highest BCUT2D eigenvalue weighted by atomic mass is 16.5. The van der Waals surface area contributed by atoms with E-state index in [0.717, 1.165) is 25.3 Å². The van der Waals surface area contributed by atoms with Gasteiger partial charge in [-0.05, 0) is 46.2 Å². The minimum Gasteiger partial charge on any atom is -0.475 e. The van der Waals surface area contributed by atoms with Gasteiger partial charge in [0.05, 0.1) is 6.10 Å². The number of nitrogens with one attached hydrogen (secondary N) is 2. The van der Waals surface area contributed by atoms with E-state index >= 15 is 0 Å². The molecular formula is C13H22N4O. The standard InChI is InChI=1S/C13H22N4O/c1-9(2)18-12-6-10(3)16-13(17-12)15-8-11-4-5-14-7-11/h6,9,11,14H,4-5,7-8H2,1-3H3,(H,15,16,17). The Balaban J connectivity index is 1.96. The summed E-state index contributed by atoms with van der Waals surface area (Å²) in [6.45, 7) is 9.05. The quantitative estimate of drug-likeness (QED) is 0.831. The van der Waals surface area contributed by atoms with Crippen molar-refractivity contribution in [3.8, 4) is 5.88 Å². The van der Waals surface area contributed by atoms with Crippen molar-refractivity contribution >= 4 is 5.95 Å². The van der Waals surface area contributed by atoms with E-state index in [-0.39, 0.29) is 6.10 Å². The monoisotopic (exact) mass is 250 g/mol. The van der Waals surface area contributed by atoms with Gasteiger partial charge in [0, 0.05) is 18.3 Å². The minimum absolute atomic E-state index is 0.131. The first-order valence-corrected chi connectivity index (χ1v) is 6.60. The average Bonchev–Trinajstić information content (AvgIpc) is 2.77. The molecule has 1 aromatic heterocycles. The molecule has 0 spiro atoms. The number of nitrogens with zero attached hydrogens (tertiary/aromatic N) is 2. The first kappa shape index (κ1) is 13.1. The number of aryl methyl sites for hydroxylation is 1. The number of anilines is 1. The predicted molar refractivity (Wildman–Crippen MR) is 72.0 cm³/mol. The molecule has 0 amide bonds. The largest absolute Gasteiger partial charge is 0.475 e. The van der Waals surface area contributed by atoms with E-state index in [1.54, 1.807) is 0 Å². The molecule has 2 N–H and O–H groups in total. The van der Waals surface area contributed by atoms with Crippen molar-refractivity contribution in [3.63, 3.8) is 0 Å². The third-order valence-electron chi connectivity index (χ3n) is 2.90. The second-order valence-electron chi connectivity index (χ2n) is 5.08. The van der Waals surface area contributed by atoms with Gasteiger partial charge in [0.1, 0.15) is 0 Å². The van der Waals surface area contributed by atoms with Gasteiger partial charge in [-0.25, -0.2) is 4.98 Å². The Kier molecular flexibility index (Phi) is 4.36. The van der Waals surface area contributed by atoms with E-state index < -0.39 is 0 Å². The molecule has 1 aromatic rings. The van der Waals surface area contributed by atoms with E-state index in [0.29, 0.717) is 17.7 Å². The van der Waals surface area contributed by atoms with Gasteiger partial charge in [-0.15, -0.1) is 0 Å². The molecule has 1 fully saturated rings. The Morgan fingerprint density at radius 2 is 2.33 bits per heavy atom. The maximum Gasteiger partial charge on any atom is 0.226 e. The second-order valence-corrected chi connectivity index (χ2v) is 5.08. The third kappa shape index (κ3) is 3.84. The molecule has 0 bridgehead atoms. The summed E-state index contributed by atoms with van der Waals surface area (Å²) in [7, 11) is 0. The molecule has 1 atom stereocenters. The molecule has 2 rings (SSSR count). The molecule has 5 nitrogen and oxygen atoms in total. The molecule has 100 valence electrons. The highest BCUT2D eigenvalue weighted by molar-refractivity contribution is 5.30. The number of hydrogen-bond acceptors (Lipinski definition) is 5. The Labute approximate surface area is 108 Å². The second kappa shape index (κ2) is 6.00. The van der Waals surface area contributed by atoms with Crippen molar-refractivity contribution in [2.24, 2.45) is 5.92 Å². The van der Waals surface area contributed by atoms with Crippen molar-refractivity contribution in [3.05, 3.63) is 11.8 Å². The van der Waals surface area contributed by atoms with Crippen LogP contribution in [0.5, 0.6) is 5.88 Å². The molecule has 18 heavy (non-hydrogen) atoms. The molecule has 2 heterocycles. The van der Waals surface area contributed by atoms with Crippen molar-refractivity contribution in [2.75, 3.05) is 25.0 Å². The normalized spacial score (nSPS) is 19.2. The van der Waals surface area contributed by atoms with Crippen LogP contribution in [0, 0.1) is 12.8 Å². The Morgan fingerprint density at radius 1 is 1.50 bits per heavy atom. The van der Waals surface area contributed by atoms with E-state index in [4.69, 9.17) is 4.74 Å². The molecule has 0 aliphatic carbocycles. The number of aromatic nitrogens is 2. The lowest BCUT2D eigenvalue weighted by molar-refractivity contribution is 0.232. The fourth-order valence-corrected chi connectivity index (χ4v) is 2.04. The molecule has 0 radical (unpaired) electrons. The van der Waals surface area contributed by atoms with Crippen LogP contribution in [-0.4, -0.2) is 35.7 Å². The maximum absolute atomic E-state index is 5.60. The zero-order valence-electron chi connectivity index (χ0n) is 11.4. The first-order valence-electron chi connectivity index (χ1n) is 6.60. The highest BCUT2D eigenvalue weighted by Gasteiger charge is 2.14. The van der Waals surface area contributed by atoms with Crippen molar-refractivity contribution in [1.29, 1.82) is 0 Å². The Bertz CT molecular complexity index is 389. The van der Waals surface area contributed by atoms with Crippen LogP contribution in [0.15, 0.2) is 6.07 Å².